The third-order valence-electron chi connectivity index (χ3n) is 6.10. The van der Waals surface area contributed by atoms with Gasteiger partial charge in [-0.25, -0.2) is 0 Å². The molecule has 170 valence electrons. The van der Waals surface area contributed by atoms with Gasteiger partial charge < -0.3 is 25.1 Å². The number of aldehydes is 1. The van der Waals surface area contributed by atoms with Crippen LogP contribution in [0, 0.1) is 0 Å². The van der Waals surface area contributed by atoms with Crippen LogP contribution in [0.3, 0.4) is 0 Å². The van der Waals surface area contributed by atoms with Gasteiger partial charge >= 0.3 is 0 Å². The topological polar surface area (TPSA) is 78.8 Å². The summed E-state index contributed by atoms with van der Waals surface area (Å²) in [7, 11) is 1.59. The number of hydrogen-bond donors (Lipinski definition) is 3. The van der Waals surface area contributed by atoms with E-state index in [9.17, 15) is 15.0 Å². The van der Waals surface area contributed by atoms with Gasteiger partial charge in [0.1, 0.15) is 28.8 Å². The number of ether oxygens (including phenoxy) is 1. The van der Waals surface area contributed by atoms with Crippen LogP contribution in [-0.2, 0) is 11.4 Å². The Kier molecular flexibility index (Phi) is 5.92. The Morgan fingerprint density at radius 2 is 1.59 bits per heavy atom. The number of methoxy groups -OCH3 is 1. The average Bonchev–Trinajstić information content (AvgIpc) is 3.32. The Hall–Kier alpha value is -3.87. The maximum atomic E-state index is 11.9. The van der Waals surface area contributed by atoms with Crippen LogP contribution < -0.4 is 10.1 Å². The first-order valence-corrected chi connectivity index (χ1v) is 11.7. The monoisotopic (exact) mass is 469 g/mol. The van der Waals surface area contributed by atoms with Crippen molar-refractivity contribution in [1.82, 2.24) is 0 Å². The van der Waals surface area contributed by atoms with Crippen molar-refractivity contribution in [2.24, 2.45) is 0 Å². The molecule has 5 nitrogen and oxygen atoms in total. The Balaban J connectivity index is 1.72. The number of anilines is 1. The smallest absolute Gasteiger partial charge is 0.146 e. The van der Waals surface area contributed by atoms with Crippen LogP contribution in [0.5, 0.6) is 5.75 Å². The van der Waals surface area contributed by atoms with E-state index >= 15 is 0 Å². The van der Waals surface area contributed by atoms with Gasteiger partial charge in [-0.2, -0.15) is 0 Å². The molecule has 0 saturated carbocycles. The summed E-state index contributed by atoms with van der Waals surface area (Å²) in [5.41, 5.74) is 5.95. The minimum atomic E-state index is -0.659. The predicted molar refractivity (Wildman–Crippen MR) is 137 cm³/mol. The number of aliphatic hydroxyl groups excluding tert-OH is 2. The summed E-state index contributed by atoms with van der Waals surface area (Å²) in [6, 6.07) is 22.5. The average molecular weight is 470 g/mol. The van der Waals surface area contributed by atoms with E-state index in [0.717, 1.165) is 34.1 Å². The molecule has 1 aliphatic heterocycles. The number of nitrogens with one attached hydrogen (secondary N) is 1. The molecular weight excluding hydrogens is 446 g/mol. The summed E-state index contributed by atoms with van der Waals surface area (Å²) >= 11 is 1.41. The van der Waals surface area contributed by atoms with Crippen molar-refractivity contribution in [3.8, 4) is 28.0 Å². The van der Waals surface area contributed by atoms with Gasteiger partial charge in [0.2, 0.25) is 0 Å². The van der Waals surface area contributed by atoms with Gasteiger partial charge in [0, 0.05) is 27.6 Å². The fraction of sp³-hybridized carbons (Fsp3) is 0.107. The van der Waals surface area contributed by atoms with Crippen LogP contribution in [0.15, 0.2) is 78.2 Å². The third kappa shape index (κ3) is 3.57. The van der Waals surface area contributed by atoms with Crippen molar-refractivity contribution in [1.29, 1.82) is 0 Å². The Morgan fingerprint density at radius 3 is 2.21 bits per heavy atom. The Bertz CT molecular complexity index is 1380. The number of benzene rings is 3. The molecule has 1 aromatic heterocycles. The Morgan fingerprint density at radius 1 is 0.941 bits per heavy atom. The molecule has 1 unspecified atom stereocenters. The highest BCUT2D eigenvalue weighted by atomic mass is 32.1. The number of carbonyl (C=O) groups is 1. The highest BCUT2D eigenvalue weighted by molar-refractivity contribution is 7.15. The lowest BCUT2D eigenvalue weighted by Gasteiger charge is -2.26. The van der Waals surface area contributed by atoms with Crippen LogP contribution in [-0.4, -0.2) is 29.7 Å². The molecule has 0 saturated heterocycles. The number of aliphatic hydroxyl groups is 2. The van der Waals surface area contributed by atoms with Gasteiger partial charge in [-0.1, -0.05) is 72.8 Å². The van der Waals surface area contributed by atoms with Gasteiger partial charge in [-0.15, -0.1) is 11.3 Å². The van der Waals surface area contributed by atoms with Gasteiger partial charge in [0.15, 0.2) is 0 Å². The van der Waals surface area contributed by atoms with Crippen molar-refractivity contribution in [3.63, 3.8) is 0 Å². The molecule has 3 aromatic carbocycles. The molecule has 1 atom stereocenters. The highest BCUT2D eigenvalue weighted by Crippen LogP contribution is 2.48. The lowest BCUT2D eigenvalue weighted by molar-refractivity contribution is -0.107. The lowest BCUT2D eigenvalue weighted by atomic mass is 9.88. The van der Waals surface area contributed by atoms with E-state index in [1.54, 1.807) is 7.11 Å². The fourth-order valence-electron chi connectivity index (χ4n) is 4.54. The highest BCUT2D eigenvalue weighted by Gasteiger charge is 2.32. The number of carbonyl (C=O) groups excluding carboxylic acids is 1. The third-order valence-corrected chi connectivity index (χ3v) is 7.01. The molecular formula is C28H23NO4S. The molecule has 5 rings (SSSR count). The van der Waals surface area contributed by atoms with E-state index < -0.39 is 6.04 Å². The SMILES string of the molecule is COc1c(-c2ccccc2)ccc(-c2csc3c2C(O)=C(c2ccccc2)C(C=O)N3)c1CO. The molecule has 4 aromatic rings. The summed E-state index contributed by atoms with van der Waals surface area (Å²) in [5, 5.41) is 27.7. The van der Waals surface area contributed by atoms with Gasteiger partial charge in [0.05, 0.1) is 19.3 Å². The zero-order valence-electron chi connectivity index (χ0n) is 18.5. The second-order valence-corrected chi connectivity index (χ2v) is 8.82. The summed E-state index contributed by atoms with van der Waals surface area (Å²) in [4.78, 5) is 11.9. The molecule has 1 aliphatic rings. The maximum Gasteiger partial charge on any atom is 0.146 e. The van der Waals surface area contributed by atoms with Crippen LogP contribution in [0.2, 0.25) is 0 Å². The van der Waals surface area contributed by atoms with E-state index in [1.807, 2.05) is 78.2 Å². The van der Waals surface area contributed by atoms with E-state index in [2.05, 4.69) is 5.32 Å². The van der Waals surface area contributed by atoms with Crippen molar-refractivity contribution >= 4 is 34.0 Å². The molecule has 0 fully saturated rings. The fourth-order valence-corrected chi connectivity index (χ4v) is 5.54. The second kappa shape index (κ2) is 9.17. The summed E-state index contributed by atoms with van der Waals surface area (Å²) in [6.45, 7) is -0.232. The molecule has 3 N–H and O–H groups in total. The van der Waals surface area contributed by atoms with Crippen molar-refractivity contribution < 1.29 is 19.7 Å². The van der Waals surface area contributed by atoms with Crippen molar-refractivity contribution in [3.05, 3.63) is 94.9 Å². The number of thiophene rings is 1. The first kappa shape index (κ1) is 21.9. The first-order valence-electron chi connectivity index (χ1n) is 10.9. The zero-order chi connectivity index (χ0) is 23.7. The quantitative estimate of drug-likeness (QED) is 0.302. The summed E-state index contributed by atoms with van der Waals surface area (Å²) in [5.74, 6) is 0.649. The molecule has 0 aliphatic carbocycles. The van der Waals surface area contributed by atoms with Gasteiger partial charge in [0.25, 0.3) is 0 Å². The summed E-state index contributed by atoms with van der Waals surface area (Å²) in [6.07, 6.45) is 0.803. The largest absolute Gasteiger partial charge is 0.507 e. The second-order valence-electron chi connectivity index (χ2n) is 7.94. The van der Waals surface area contributed by atoms with Crippen LogP contribution in [0.4, 0.5) is 5.00 Å². The van der Waals surface area contributed by atoms with Crippen LogP contribution in [0.1, 0.15) is 16.7 Å². The maximum absolute atomic E-state index is 11.9. The Labute approximate surface area is 201 Å². The molecule has 0 amide bonds. The van der Waals surface area contributed by atoms with E-state index in [0.29, 0.717) is 27.5 Å². The number of rotatable bonds is 6. The molecule has 34 heavy (non-hydrogen) atoms. The van der Waals surface area contributed by atoms with Crippen LogP contribution >= 0.6 is 11.3 Å². The molecule has 0 spiro atoms. The normalized spacial score (nSPS) is 14.9. The molecule has 6 heteroatoms. The van der Waals surface area contributed by atoms with E-state index in [-0.39, 0.29) is 12.4 Å². The predicted octanol–water partition coefficient (Wildman–Crippen LogP) is 6.00. The minimum Gasteiger partial charge on any atom is -0.507 e. The lowest BCUT2D eigenvalue weighted by Crippen LogP contribution is -2.27. The standard InChI is InChI=1S/C28H23NO4S/c1-33-27-19(17-8-4-2-5-9-17)12-13-20(21(27)14-30)22-16-34-28-25(22)26(32)24(23(15-31)29-28)18-10-6-3-7-11-18/h2-13,15-16,23,29-30,32H,14H2,1H3. The van der Waals surface area contributed by atoms with E-state index in [1.165, 1.54) is 11.3 Å². The van der Waals surface area contributed by atoms with Crippen molar-refractivity contribution in [2.75, 3.05) is 12.4 Å². The molecule has 0 bridgehead atoms. The molecule has 2 heterocycles. The van der Waals surface area contributed by atoms with Gasteiger partial charge in [-0.05, 0) is 16.7 Å². The van der Waals surface area contributed by atoms with Crippen LogP contribution in [0.25, 0.3) is 33.6 Å². The minimum absolute atomic E-state index is 0.0586. The number of hydrogen-bond acceptors (Lipinski definition) is 6. The molecule has 0 radical (unpaired) electrons. The zero-order valence-corrected chi connectivity index (χ0v) is 19.3. The first-order chi connectivity index (χ1) is 16.7. The van der Waals surface area contributed by atoms with E-state index in [4.69, 9.17) is 4.74 Å². The van der Waals surface area contributed by atoms with Crippen molar-refractivity contribution in [2.45, 2.75) is 12.6 Å². The van der Waals surface area contributed by atoms with Gasteiger partial charge in [-0.3, -0.25) is 0 Å². The summed E-state index contributed by atoms with van der Waals surface area (Å²) < 4.78 is 5.76. The number of fused-ring (bicyclic) bond motifs is 1.